The van der Waals surface area contributed by atoms with E-state index in [2.05, 4.69) is 79.6 Å². The Kier molecular flexibility index (Phi) is 4.92. The molecule has 0 fully saturated rings. The van der Waals surface area contributed by atoms with E-state index in [0.717, 1.165) is 12.0 Å². The molecule has 3 heteroatoms. The Labute approximate surface area is 134 Å². The largest absolute Gasteiger partial charge is 0.378 e. The van der Waals surface area contributed by atoms with Crippen LogP contribution in [0, 0.1) is 18.3 Å². The second kappa shape index (κ2) is 6.70. The first kappa shape index (κ1) is 16.2. The fraction of sp³-hybridized carbons (Fsp3) is 0.421. The van der Waals surface area contributed by atoms with Crippen LogP contribution < -0.4 is 10.2 Å². The molecule has 1 aromatic carbocycles. The minimum atomic E-state index is -0.119. The standard InChI is InChI=1S/C19H25N3/c1-6-16-12-20-14-21-13-19(3,11-15(16)2)17-7-9-18(10-8-17)22(4)5/h1,7-10,12-13,15,20H,11,14H2,2-5H3/b16-12-,21-13?. The van der Waals surface area contributed by atoms with Crippen molar-refractivity contribution < 1.29 is 0 Å². The molecular weight excluding hydrogens is 270 g/mol. The first-order valence-electron chi connectivity index (χ1n) is 7.65. The van der Waals surface area contributed by atoms with Crippen molar-refractivity contribution in [2.45, 2.75) is 25.7 Å². The molecule has 1 heterocycles. The number of nitrogens with zero attached hydrogens (tertiary/aromatic N) is 2. The summed E-state index contributed by atoms with van der Waals surface area (Å²) in [6.07, 6.45) is 10.6. The highest BCUT2D eigenvalue weighted by Crippen LogP contribution is 2.33. The van der Waals surface area contributed by atoms with Gasteiger partial charge in [-0.15, -0.1) is 6.42 Å². The summed E-state index contributed by atoms with van der Waals surface area (Å²) < 4.78 is 0. The van der Waals surface area contributed by atoms with E-state index in [1.807, 2.05) is 6.20 Å². The van der Waals surface area contributed by atoms with Gasteiger partial charge < -0.3 is 10.2 Å². The Morgan fingerprint density at radius 2 is 2.00 bits per heavy atom. The zero-order chi connectivity index (χ0) is 16.2. The minimum absolute atomic E-state index is 0.119. The molecule has 0 radical (unpaired) electrons. The Morgan fingerprint density at radius 3 is 2.59 bits per heavy atom. The Morgan fingerprint density at radius 1 is 1.32 bits per heavy atom. The zero-order valence-corrected chi connectivity index (χ0v) is 13.9. The molecule has 1 aliphatic rings. The van der Waals surface area contributed by atoms with E-state index in [4.69, 9.17) is 6.42 Å². The van der Waals surface area contributed by atoms with E-state index < -0.39 is 0 Å². The van der Waals surface area contributed by atoms with Gasteiger partial charge in [-0.25, -0.2) is 0 Å². The summed E-state index contributed by atoms with van der Waals surface area (Å²) in [4.78, 5) is 6.63. The lowest BCUT2D eigenvalue weighted by molar-refractivity contribution is 0.494. The Hall–Kier alpha value is -2.21. The molecule has 0 aliphatic carbocycles. The molecule has 0 saturated carbocycles. The Balaban J connectivity index is 2.35. The van der Waals surface area contributed by atoms with Gasteiger partial charge in [0.15, 0.2) is 0 Å². The van der Waals surface area contributed by atoms with E-state index >= 15 is 0 Å². The summed E-state index contributed by atoms with van der Waals surface area (Å²) in [6.45, 7) is 4.97. The van der Waals surface area contributed by atoms with Gasteiger partial charge in [0, 0.05) is 43.2 Å². The maximum Gasteiger partial charge on any atom is 0.106 e. The molecule has 22 heavy (non-hydrogen) atoms. The topological polar surface area (TPSA) is 27.6 Å². The molecule has 2 rings (SSSR count). The van der Waals surface area contributed by atoms with Crippen LogP contribution in [0.1, 0.15) is 25.8 Å². The number of benzene rings is 1. The molecule has 116 valence electrons. The molecule has 1 N–H and O–H groups in total. The number of hydrogen-bond acceptors (Lipinski definition) is 3. The smallest absolute Gasteiger partial charge is 0.106 e. The Bertz CT molecular complexity index is 605. The summed E-state index contributed by atoms with van der Waals surface area (Å²) in [5, 5.41) is 3.16. The third kappa shape index (κ3) is 3.51. The molecule has 0 amide bonds. The van der Waals surface area contributed by atoms with Crippen LogP contribution in [0.5, 0.6) is 0 Å². The fourth-order valence-corrected chi connectivity index (χ4v) is 2.91. The summed E-state index contributed by atoms with van der Waals surface area (Å²) in [7, 11) is 4.10. The highest BCUT2D eigenvalue weighted by atomic mass is 15.1. The van der Waals surface area contributed by atoms with E-state index in [1.165, 1.54) is 11.3 Å². The fourth-order valence-electron chi connectivity index (χ4n) is 2.91. The third-order valence-electron chi connectivity index (χ3n) is 4.29. The maximum atomic E-state index is 5.64. The van der Waals surface area contributed by atoms with Crippen LogP contribution in [0.15, 0.2) is 41.0 Å². The zero-order valence-electron chi connectivity index (χ0n) is 13.9. The van der Waals surface area contributed by atoms with Crippen molar-refractivity contribution in [2.75, 3.05) is 25.7 Å². The molecule has 0 saturated heterocycles. The summed E-state index contributed by atoms with van der Waals surface area (Å²) in [5.74, 6) is 3.10. The van der Waals surface area contributed by atoms with Crippen LogP contribution in [0.25, 0.3) is 0 Å². The van der Waals surface area contributed by atoms with Gasteiger partial charge in [0.2, 0.25) is 0 Å². The van der Waals surface area contributed by atoms with Crippen molar-refractivity contribution in [3.05, 3.63) is 41.6 Å². The quantitative estimate of drug-likeness (QED) is 0.849. The van der Waals surface area contributed by atoms with Crippen molar-refractivity contribution in [1.82, 2.24) is 5.32 Å². The van der Waals surface area contributed by atoms with Crippen LogP contribution in [0.4, 0.5) is 5.69 Å². The number of aliphatic imine (C=N–C) groups is 1. The first-order chi connectivity index (χ1) is 10.5. The lowest BCUT2D eigenvalue weighted by atomic mass is 9.75. The number of terminal acetylenes is 1. The predicted molar refractivity (Wildman–Crippen MR) is 95.3 cm³/mol. The SMILES string of the molecule is C#C/C1=C/NCN=CC(C)(c2ccc(N(C)C)cc2)CC1C. The van der Waals surface area contributed by atoms with E-state index in [9.17, 15) is 0 Å². The van der Waals surface area contributed by atoms with Crippen LogP contribution >= 0.6 is 0 Å². The van der Waals surface area contributed by atoms with Gasteiger partial charge in [0.05, 0.1) is 0 Å². The van der Waals surface area contributed by atoms with E-state index in [1.54, 1.807) is 0 Å². The van der Waals surface area contributed by atoms with Crippen molar-refractivity contribution >= 4 is 11.9 Å². The number of nitrogens with one attached hydrogen (secondary N) is 1. The highest BCUT2D eigenvalue weighted by Gasteiger charge is 2.28. The van der Waals surface area contributed by atoms with Gasteiger partial charge >= 0.3 is 0 Å². The normalized spacial score (nSPS) is 27.4. The number of allylic oxidation sites excluding steroid dienone is 1. The summed E-state index contributed by atoms with van der Waals surface area (Å²) in [5.41, 5.74) is 3.35. The van der Waals surface area contributed by atoms with Crippen molar-refractivity contribution in [2.24, 2.45) is 10.9 Å². The number of rotatable bonds is 2. The molecule has 0 aromatic heterocycles. The van der Waals surface area contributed by atoms with Crippen LogP contribution in [-0.4, -0.2) is 27.0 Å². The van der Waals surface area contributed by atoms with Crippen LogP contribution in [0.3, 0.4) is 0 Å². The predicted octanol–water partition coefficient (Wildman–Crippen LogP) is 3.19. The van der Waals surface area contributed by atoms with Crippen molar-refractivity contribution in [1.29, 1.82) is 0 Å². The molecule has 0 bridgehead atoms. The molecule has 1 aromatic rings. The van der Waals surface area contributed by atoms with Gasteiger partial charge in [-0.1, -0.05) is 31.9 Å². The number of hydrogen-bond donors (Lipinski definition) is 1. The van der Waals surface area contributed by atoms with Gasteiger partial charge in [0.25, 0.3) is 0 Å². The average Bonchev–Trinajstić information content (AvgIpc) is 2.57. The van der Waals surface area contributed by atoms with E-state index in [-0.39, 0.29) is 5.41 Å². The van der Waals surface area contributed by atoms with Gasteiger partial charge in [-0.3, -0.25) is 4.99 Å². The number of anilines is 1. The second-order valence-corrected chi connectivity index (χ2v) is 6.38. The molecule has 3 nitrogen and oxygen atoms in total. The average molecular weight is 295 g/mol. The first-order valence-corrected chi connectivity index (χ1v) is 7.65. The monoisotopic (exact) mass is 295 g/mol. The van der Waals surface area contributed by atoms with E-state index in [0.29, 0.717) is 12.6 Å². The molecule has 1 aliphatic heterocycles. The molecule has 0 spiro atoms. The highest BCUT2D eigenvalue weighted by molar-refractivity contribution is 5.73. The van der Waals surface area contributed by atoms with Gasteiger partial charge in [-0.05, 0) is 30.0 Å². The molecule has 2 unspecified atom stereocenters. The maximum absolute atomic E-state index is 5.64. The minimum Gasteiger partial charge on any atom is -0.378 e. The summed E-state index contributed by atoms with van der Waals surface area (Å²) in [6, 6.07) is 8.70. The second-order valence-electron chi connectivity index (χ2n) is 6.38. The third-order valence-corrected chi connectivity index (χ3v) is 4.29. The van der Waals surface area contributed by atoms with Gasteiger partial charge in [-0.2, -0.15) is 0 Å². The van der Waals surface area contributed by atoms with Crippen molar-refractivity contribution in [3.8, 4) is 12.3 Å². The molecular formula is C19H25N3. The van der Waals surface area contributed by atoms with Crippen LogP contribution in [-0.2, 0) is 5.41 Å². The lowest BCUT2D eigenvalue weighted by Gasteiger charge is -2.29. The van der Waals surface area contributed by atoms with Crippen LogP contribution in [0.2, 0.25) is 0 Å². The molecule has 2 atom stereocenters. The van der Waals surface area contributed by atoms with Gasteiger partial charge in [0.1, 0.15) is 6.67 Å². The lowest BCUT2D eigenvalue weighted by Crippen LogP contribution is -2.27. The van der Waals surface area contributed by atoms with Crippen molar-refractivity contribution in [3.63, 3.8) is 0 Å². The summed E-state index contributed by atoms with van der Waals surface area (Å²) >= 11 is 0.